The molecule has 0 unspecified atom stereocenters. The molecule has 0 bridgehead atoms. The molecular weight excluding hydrogens is 278 g/mol. The fourth-order valence-corrected chi connectivity index (χ4v) is 3.11. The lowest BCUT2D eigenvalue weighted by atomic mass is 10.1. The third-order valence-electron chi connectivity index (χ3n) is 3.32. The lowest BCUT2D eigenvalue weighted by Crippen LogP contribution is -2.32. The number of rotatable bonds is 5. The summed E-state index contributed by atoms with van der Waals surface area (Å²) in [7, 11) is 1.87. The van der Waals surface area contributed by atoms with Gasteiger partial charge >= 0.3 is 0 Å². The van der Waals surface area contributed by atoms with E-state index >= 15 is 0 Å². The monoisotopic (exact) mass is 299 g/mol. The normalized spacial score (nSPS) is 12.0. The summed E-state index contributed by atoms with van der Waals surface area (Å²) in [4.78, 5) is 15.3. The van der Waals surface area contributed by atoms with Crippen LogP contribution < -0.4 is 0 Å². The zero-order chi connectivity index (χ0) is 15.2. The Balaban J connectivity index is 1.93. The van der Waals surface area contributed by atoms with E-state index in [9.17, 15) is 4.79 Å². The number of benzene rings is 2. The maximum Gasteiger partial charge on any atom is 0.235 e. The van der Waals surface area contributed by atoms with Crippen LogP contribution in [0.4, 0.5) is 0 Å². The summed E-state index contributed by atoms with van der Waals surface area (Å²) in [5.74, 6) is 0.157. The van der Waals surface area contributed by atoms with Crippen LogP contribution in [0.1, 0.15) is 18.1 Å². The van der Waals surface area contributed by atoms with Gasteiger partial charge in [-0.2, -0.15) is 0 Å². The Morgan fingerprint density at radius 3 is 2.33 bits per heavy atom. The molecule has 110 valence electrons. The van der Waals surface area contributed by atoms with Gasteiger partial charge in [0, 0.05) is 18.5 Å². The van der Waals surface area contributed by atoms with E-state index in [0.29, 0.717) is 6.54 Å². The minimum absolute atomic E-state index is 0.0807. The van der Waals surface area contributed by atoms with Crippen molar-refractivity contribution in [3.8, 4) is 0 Å². The van der Waals surface area contributed by atoms with Crippen LogP contribution in [0.5, 0.6) is 0 Å². The van der Waals surface area contributed by atoms with Gasteiger partial charge in [0.15, 0.2) is 0 Å². The second kappa shape index (κ2) is 7.32. The molecular formula is C18H21NOS. The molecule has 0 radical (unpaired) electrons. The third kappa shape index (κ3) is 4.64. The van der Waals surface area contributed by atoms with Crippen molar-refractivity contribution in [2.75, 3.05) is 7.05 Å². The summed E-state index contributed by atoms with van der Waals surface area (Å²) < 4.78 is 0. The molecule has 2 nitrogen and oxygen atoms in total. The number of hydrogen-bond donors (Lipinski definition) is 0. The molecule has 0 saturated carbocycles. The maximum atomic E-state index is 12.4. The SMILES string of the molecule is Cc1ccc(CN(C)C(=O)[C@@H](C)Sc2ccccc2)cc1. The van der Waals surface area contributed by atoms with E-state index in [0.717, 1.165) is 10.5 Å². The summed E-state index contributed by atoms with van der Waals surface area (Å²) in [5.41, 5.74) is 2.40. The minimum Gasteiger partial charge on any atom is -0.340 e. The quantitative estimate of drug-likeness (QED) is 0.774. The molecule has 1 atom stereocenters. The molecule has 21 heavy (non-hydrogen) atoms. The smallest absolute Gasteiger partial charge is 0.235 e. The molecule has 0 N–H and O–H groups in total. The number of carbonyl (C=O) groups excluding carboxylic acids is 1. The van der Waals surface area contributed by atoms with Gasteiger partial charge < -0.3 is 4.90 Å². The molecule has 2 aromatic carbocycles. The first-order chi connectivity index (χ1) is 10.1. The average Bonchev–Trinajstić information content (AvgIpc) is 2.49. The first kappa shape index (κ1) is 15.6. The Hall–Kier alpha value is -1.74. The highest BCUT2D eigenvalue weighted by atomic mass is 32.2. The van der Waals surface area contributed by atoms with Crippen LogP contribution >= 0.6 is 11.8 Å². The van der Waals surface area contributed by atoms with E-state index in [1.165, 1.54) is 5.56 Å². The van der Waals surface area contributed by atoms with Crippen LogP contribution in [-0.4, -0.2) is 23.1 Å². The maximum absolute atomic E-state index is 12.4. The van der Waals surface area contributed by atoms with E-state index < -0.39 is 0 Å². The van der Waals surface area contributed by atoms with Crippen LogP contribution in [-0.2, 0) is 11.3 Å². The molecule has 0 spiro atoms. The first-order valence-electron chi connectivity index (χ1n) is 7.08. The van der Waals surface area contributed by atoms with Crippen molar-refractivity contribution in [2.45, 2.75) is 30.5 Å². The topological polar surface area (TPSA) is 20.3 Å². The van der Waals surface area contributed by atoms with Gasteiger partial charge in [-0.25, -0.2) is 0 Å². The summed E-state index contributed by atoms with van der Waals surface area (Å²) in [5, 5.41) is -0.0807. The number of amides is 1. The summed E-state index contributed by atoms with van der Waals surface area (Å²) in [6, 6.07) is 18.4. The van der Waals surface area contributed by atoms with Gasteiger partial charge in [-0.3, -0.25) is 4.79 Å². The van der Waals surface area contributed by atoms with Crippen LogP contribution in [0.25, 0.3) is 0 Å². The van der Waals surface area contributed by atoms with Gasteiger partial charge in [-0.15, -0.1) is 11.8 Å². The molecule has 0 aliphatic heterocycles. The molecule has 2 rings (SSSR count). The van der Waals surface area contributed by atoms with Crippen molar-refractivity contribution in [2.24, 2.45) is 0 Å². The second-order valence-corrected chi connectivity index (χ2v) is 6.67. The molecule has 0 saturated heterocycles. The largest absolute Gasteiger partial charge is 0.340 e. The fourth-order valence-electron chi connectivity index (χ4n) is 2.11. The molecule has 1 amide bonds. The van der Waals surface area contributed by atoms with E-state index in [-0.39, 0.29) is 11.2 Å². The molecule has 0 aliphatic carbocycles. The zero-order valence-corrected chi connectivity index (χ0v) is 13.6. The number of hydrogen-bond acceptors (Lipinski definition) is 2. The van der Waals surface area contributed by atoms with Gasteiger partial charge in [-0.1, -0.05) is 48.0 Å². The van der Waals surface area contributed by atoms with Crippen molar-refractivity contribution in [1.29, 1.82) is 0 Å². The Kier molecular flexibility index (Phi) is 5.45. The zero-order valence-electron chi connectivity index (χ0n) is 12.7. The van der Waals surface area contributed by atoms with Gasteiger partial charge in [0.1, 0.15) is 0 Å². The molecule has 3 heteroatoms. The standard InChI is InChI=1S/C18H21NOS/c1-14-9-11-16(12-10-14)13-19(3)18(20)15(2)21-17-7-5-4-6-8-17/h4-12,15H,13H2,1-3H3/t15-/m1/s1. The van der Waals surface area contributed by atoms with Crippen LogP contribution in [0.3, 0.4) is 0 Å². The molecule has 0 aromatic heterocycles. The summed E-state index contributed by atoms with van der Waals surface area (Å²) >= 11 is 1.60. The van der Waals surface area contributed by atoms with Crippen molar-refractivity contribution >= 4 is 17.7 Å². The van der Waals surface area contributed by atoms with Gasteiger partial charge in [0.25, 0.3) is 0 Å². The summed E-state index contributed by atoms with van der Waals surface area (Å²) in [6.07, 6.45) is 0. The van der Waals surface area contributed by atoms with Gasteiger partial charge in [0.05, 0.1) is 5.25 Å². The van der Waals surface area contributed by atoms with Crippen molar-refractivity contribution in [1.82, 2.24) is 4.90 Å². The number of aryl methyl sites for hydroxylation is 1. The molecule has 0 heterocycles. The third-order valence-corrected chi connectivity index (χ3v) is 4.42. The van der Waals surface area contributed by atoms with E-state index in [1.807, 2.05) is 44.3 Å². The van der Waals surface area contributed by atoms with Crippen molar-refractivity contribution in [3.05, 3.63) is 65.7 Å². The lowest BCUT2D eigenvalue weighted by molar-refractivity contribution is -0.129. The van der Waals surface area contributed by atoms with Gasteiger partial charge in [-0.05, 0) is 31.5 Å². The molecule has 0 aliphatic rings. The van der Waals surface area contributed by atoms with E-state index in [4.69, 9.17) is 0 Å². The Bertz CT molecular complexity index is 580. The number of thioether (sulfide) groups is 1. The average molecular weight is 299 g/mol. The predicted molar refractivity (Wildman–Crippen MR) is 89.4 cm³/mol. The molecule has 2 aromatic rings. The Labute approximate surface area is 131 Å². The van der Waals surface area contributed by atoms with Crippen molar-refractivity contribution < 1.29 is 4.79 Å². The van der Waals surface area contributed by atoms with Crippen LogP contribution in [0, 0.1) is 6.92 Å². The van der Waals surface area contributed by atoms with E-state index in [1.54, 1.807) is 16.7 Å². The highest BCUT2D eigenvalue weighted by Crippen LogP contribution is 2.24. The first-order valence-corrected chi connectivity index (χ1v) is 7.96. The Morgan fingerprint density at radius 2 is 1.71 bits per heavy atom. The highest BCUT2D eigenvalue weighted by molar-refractivity contribution is 8.00. The second-order valence-electron chi connectivity index (χ2n) is 5.25. The fraction of sp³-hybridized carbons (Fsp3) is 0.278. The van der Waals surface area contributed by atoms with Crippen molar-refractivity contribution in [3.63, 3.8) is 0 Å². The van der Waals surface area contributed by atoms with E-state index in [2.05, 4.69) is 31.2 Å². The minimum atomic E-state index is -0.0807. The number of carbonyl (C=O) groups is 1. The molecule has 0 fully saturated rings. The predicted octanol–water partition coefficient (Wildman–Crippen LogP) is 4.13. The van der Waals surface area contributed by atoms with Crippen LogP contribution in [0.15, 0.2) is 59.5 Å². The number of nitrogens with zero attached hydrogens (tertiary/aromatic N) is 1. The Morgan fingerprint density at radius 1 is 1.10 bits per heavy atom. The highest BCUT2D eigenvalue weighted by Gasteiger charge is 2.18. The van der Waals surface area contributed by atoms with Crippen LogP contribution in [0.2, 0.25) is 0 Å². The summed E-state index contributed by atoms with van der Waals surface area (Å²) in [6.45, 7) is 4.68. The van der Waals surface area contributed by atoms with Gasteiger partial charge in [0.2, 0.25) is 5.91 Å². The lowest BCUT2D eigenvalue weighted by Gasteiger charge is -2.21.